The van der Waals surface area contributed by atoms with E-state index in [1.54, 1.807) is 11.8 Å². The quantitative estimate of drug-likeness (QED) is 0.564. The molecule has 0 amide bonds. The molecule has 0 aliphatic heterocycles. The number of nitrogens with zero attached hydrogens (tertiary/aromatic N) is 1. The van der Waals surface area contributed by atoms with Crippen molar-refractivity contribution >= 4 is 11.8 Å². The van der Waals surface area contributed by atoms with Gasteiger partial charge in [0.2, 0.25) is 0 Å². The summed E-state index contributed by atoms with van der Waals surface area (Å²) in [5.41, 5.74) is -0.148. The first kappa shape index (κ1) is 13.5. The van der Waals surface area contributed by atoms with E-state index in [2.05, 4.69) is 10.3 Å². The maximum Gasteiger partial charge on any atom is 0.0959 e. The summed E-state index contributed by atoms with van der Waals surface area (Å²) in [6.45, 7) is 2.22. The largest absolute Gasteiger partial charge is 0.394 e. The Bertz CT molecular complexity index is 288. The number of pyridine rings is 1. The van der Waals surface area contributed by atoms with Gasteiger partial charge in [0, 0.05) is 11.7 Å². The van der Waals surface area contributed by atoms with Crippen LogP contribution in [0, 0.1) is 0 Å². The Morgan fingerprint density at radius 3 is 2.88 bits per heavy atom. The van der Waals surface area contributed by atoms with Gasteiger partial charge < -0.3 is 10.4 Å². The number of aromatic nitrogens is 1. The zero-order valence-corrected chi connectivity index (χ0v) is 10.8. The van der Waals surface area contributed by atoms with E-state index in [0.717, 1.165) is 23.6 Å². The first-order valence-corrected chi connectivity index (χ1v) is 6.52. The van der Waals surface area contributed by atoms with Crippen LogP contribution in [0.5, 0.6) is 0 Å². The van der Waals surface area contributed by atoms with Crippen LogP contribution >= 0.6 is 11.8 Å². The van der Waals surface area contributed by atoms with Crippen molar-refractivity contribution in [2.24, 2.45) is 0 Å². The number of rotatable bonds is 7. The van der Waals surface area contributed by atoms with Gasteiger partial charge in [-0.1, -0.05) is 6.07 Å². The van der Waals surface area contributed by atoms with Crippen LogP contribution in [-0.4, -0.2) is 35.0 Å². The predicted molar refractivity (Wildman–Crippen MR) is 68.7 cm³/mol. The van der Waals surface area contributed by atoms with Crippen LogP contribution in [0.2, 0.25) is 0 Å². The van der Waals surface area contributed by atoms with Gasteiger partial charge >= 0.3 is 0 Å². The van der Waals surface area contributed by atoms with E-state index in [0.29, 0.717) is 0 Å². The van der Waals surface area contributed by atoms with Crippen LogP contribution in [0.1, 0.15) is 19.8 Å². The SMILES string of the molecule is CNC(C)(CO)CCCSc1ccccn1. The fourth-order valence-corrected chi connectivity index (χ4v) is 2.16. The zero-order chi connectivity index (χ0) is 11.9. The van der Waals surface area contributed by atoms with E-state index in [4.69, 9.17) is 0 Å². The average Bonchev–Trinajstić information content (AvgIpc) is 2.36. The van der Waals surface area contributed by atoms with Crippen LogP contribution in [-0.2, 0) is 0 Å². The highest BCUT2D eigenvalue weighted by atomic mass is 32.2. The summed E-state index contributed by atoms with van der Waals surface area (Å²) >= 11 is 1.76. The smallest absolute Gasteiger partial charge is 0.0959 e. The van der Waals surface area contributed by atoms with Crippen molar-refractivity contribution in [2.45, 2.75) is 30.3 Å². The molecule has 0 spiro atoms. The summed E-state index contributed by atoms with van der Waals surface area (Å²) in [4.78, 5) is 4.25. The number of hydrogen-bond acceptors (Lipinski definition) is 4. The highest BCUT2D eigenvalue weighted by molar-refractivity contribution is 7.99. The number of aliphatic hydroxyl groups excluding tert-OH is 1. The second-order valence-electron chi connectivity index (χ2n) is 4.09. The van der Waals surface area contributed by atoms with E-state index in [9.17, 15) is 5.11 Å². The fraction of sp³-hybridized carbons (Fsp3) is 0.583. The molecular weight excluding hydrogens is 220 g/mol. The number of thioether (sulfide) groups is 1. The lowest BCUT2D eigenvalue weighted by Crippen LogP contribution is -2.43. The van der Waals surface area contributed by atoms with Crippen molar-refractivity contribution in [3.63, 3.8) is 0 Å². The maximum absolute atomic E-state index is 9.22. The predicted octanol–water partition coefficient (Wildman–Crippen LogP) is 1.92. The lowest BCUT2D eigenvalue weighted by molar-refractivity contribution is 0.173. The fourth-order valence-electron chi connectivity index (χ4n) is 1.35. The molecule has 16 heavy (non-hydrogen) atoms. The molecule has 0 radical (unpaired) electrons. The molecular formula is C12H20N2OS. The molecule has 1 unspecified atom stereocenters. The molecule has 90 valence electrons. The minimum atomic E-state index is -0.148. The third kappa shape index (κ3) is 4.51. The van der Waals surface area contributed by atoms with Crippen molar-refractivity contribution in [3.05, 3.63) is 24.4 Å². The van der Waals surface area contributed by atoms with Crippen molar-refractivity contribution in [1.82, 2.24) is 10.3 Å². The summed E-state index contributed by atoms with van der Waals surface area (Å²) in [5.74, 6) is 1.04. The van der Waals surface area contributed by atoms with E-state index in [1.165, 1.54) is 0 Å². The Hall–Kier alpha value is -0.580. The standard InChI is InChI=1S/C12H20N2OS/c1-12(10-15,13-2)7-5-9-16-11-6-3-4-8-14-11/h3-4,6,8,13,15H,5,7,9-10H2,1-2H3. The third-order valence-electron chi connectivity index (χ3n) is 2.71. The molecule has 0 bridgehead atoms. The Morgan fingerprint density at radius 2 is 2.31 bits per heavy atom. The van der Waals surface area contributed by atoms with Gasteiger partial charge in [0.05, 0.1) is 11.6 Å². The van der Waals surface area contributed by atoms with Crippen molar-refractivity contribution < 1.29 is 5.11 Å². The van der Waals surface area contributed by atoms with Gasteiger partial charge in [0.25, 0.3) is 0 Å². The molecule has 1 aromatic heterocycles. The number of likely N-dealkylation sites (N-methyl/N-ethyl adjacent to an activating group) is 1. The van der Waals surface area contributed by atoms with Gasteiger partial charge in [-0.25, -0.2) is 4.98 Å². The highest BCUT2D eigenvalue weighted by Gasteiger charge is 2.19. The molecule has 0 aromatic carbocycles. The molecule has 1 atom stereocenters. The van der Waals surface area contributed by atoms with E-state index in [1.807, 2.05) is 38.4 Å². The second-order valence-corrected chi connectivity index (χ2v) is 5.20. The Morgan fingerprint density at radius 1 is 1.50 bits per heavy atom. The van der Waals surface area contributed by atoms with Gasteiger partial charge in [0.15, 0.2) is 0 Å². The highest BCUT2D eigenvalue weighted by Crippen LogP contribution is 2.18. The molecule has 1 heterocycles. The topological polar surface area (TPSA) is 45.1 Å². The Kier molecular flexibility index (Phi) is 5.80. The minimum Gasteiger partial charge on any atom is -0.394 e. The maximum atomic E-state index is 9.22. The monoisotopic (exact) mass is 240 g/mol. The number of nitrogens with one attached hydrogen (secondary N) is 1. The molecule has 0 fully saturated rings. The van der Waals surface area contributed by atoms with Gasteiger partial charge in [-0.05, 0) is 44.7 Å². The van der Waals surface area contributed by atoms with E-state index >= 15 is 0 Å². The van der Waals surface area contributed by atoms with Crippen molar-refractivity contribution in [3.8, 4) is 0 Å². The summed E-state index contributed by atoms with van der Waals surface area (Å²) in [6, 6.07) is 5.95. The second kappa shape index (κ2) is 6.89. The van der Waals surface area contributed by atoms with Gasteiger partial charge in [-0.3, -0.25) is 0 Å². The first-order valence-electron chi connectivity index (χ1n) is 5.54. The van der Waals surface area contributed by atoms with Crippen LogP contribution in [0.15, 0.2) is 29.4 Å². The van der Waals surface area contributed by atoms with E-state index in [-0.39, 0.29) is 12.1 Å². The number of aliphatic hydroxyl groups is 1. The molecule has 3 nitrogen and oxygen atoms in total. The molecule has 0 saturated carbocycles. The molecule has 1 rings (SSSR count). The van der Waals surface area contributed by atoms with E-state index < -0.39 is 0 Å². The average molecular weight is 240 g/mol. The first-order chi connectivity index (χ1) is 7.70. The molecule has 0 aliphatic carbocycles. The van der Waals surface area contributed by atoms with Crippen molar-refractivity contribution in [1.29, 1.82) is 0 Å². The lowest BCUT2D eigenvalue weighted by Gasteiger charge is -2.26. The zero-order valence-electron chi connectivity index (χ0n) is 9.94. The molecule has 1 aromatic rings. The summed E-state index contributed by atoms with van der Waals surface area (Å²) in [6.07, 6.45) is 3.85. The number of hydrogen-bond donors (Lipinski definition) is 2. The summed E-state index contributed by atoms with van der Waals surface area (Å²) in [5, 5.41) is 13.4. The Balaban J connectivity index is 2.22. The van der Waals surface area contributed by atoms with Gasteiger partial charge in [-0.15, -0.1) is 11.8 Å². The summed E-state index contributed by atoms with van der Waals surface area (Å²) in [7, 11) is 1.89. The molecule has 2 N–H and O–H groups in total. The Labute approximate surface area is 102 Å². The normalized spacial score (nSPS) is 14.7. The van der Waals surface area contributed by atoms with Crippen LogP contribution in [0.3, 0.4) is 0 Å². The van der Waals surface area contributed by atoms with Gasteiger partial charge in [0.1, 0.15) is 0 Å². The van der Waals surface area contributed by atoms with Crippen molar-refractivity contribution in [2.75, 3.05) is 19.4 Å². The van der Waals surface area contributed by atoms with Gasteiger partial charge in [-0.2, -0.15) is 0 Å². The molecule has 0 aliphatic rings. The van der Waals surface area contributed by atoms with Crippen LogP contribution in [0.25, 0.3) is 0 Å². The third-order valence-corrected chi connectivity index (χ3v) is 3.74. The lowest BCUT2D eigenvalue weighted by atomic mass is 9.98. The summed E-state index contributed by atoms with van der Waals surface area (Å²) < 4.78 is 0. The molecule has 4 heteroatoms. The molecule has 0 saturated heterocycles. The van der Waals surface area contributed by atoms with Crippen LogP contribution in [0.4, 0.5) is 0 Å². The minimum absolute atomic E-state index is 0.148. The van der Waals surface area contributed by atoms with Crippen LogP contribution < -0.4 is 5.32 Å².